The minimum absolute atomic E-state index is 0. The van der Waals surface area contributed by atoms with Crippen LogP contribution in [0, 0.1) is 5.92 Å². The zero-order valence-electron chi connectivity index (χ0n) is 14.8. The van der Waals surface area contributed by atoms with Crippen molar-refractivity contribution in [2.24, 2.45) is 5.92 Å². The number of benzene rings is 2. The molecule has 0 aliphatic carbocycles. The smallest absolute Gasteiger partial charge is 0.225 e. The Hall–Kier alpha value is -2.39. The van der Waals surface area contributed by atoms with Crippen LogP contribution < -0.4 is 0 Å². The van der Waals surface area contributed by atoms with Gasteiger partial charge in [-0.25, -0.2) is 4.98 Å². The number of hydrogen-bond donors (Lipinski definition) is 0. The molecule has 4 heteroatoms. The lowest BCUT2D eigenvalue weighted by Gasteiger charge is -2.18. The Morgan fingerprint density at radius 1 is 1.04 bits per heavy atom. The van der Waals surface area contributed by atoms with E-state index < -0.39 is 0 Å². The summed E-state index contributed by atoms with van der Waals surface area (Å²) in [5.74, 6) is 0.0894. The van der Waals surface area contributed by atoms with Gasteiger partial charge in [0.2, 0.25) is 5.91 Å². The van der Waals surface area contributed by atoms with E-state index in [9.17, 15) is 4.79 Å². The lowest BCUT2D eigenvalue weighted by molar-refractivity contribution is -0.132. The predicted octanol–water partition coefficient (Wildman–Crippen LogP) is 4.59. The first-order valence-electron chi connectivity index (χ1n) is 8.21. The maximum Gasteiger partial charge on any atom is 0.225 e. The van der Waals surface area contributed by atoms with Crippen molar-refractivity contribution in [2.45, 2.75) is 13.3 Å². The van der Waals surface area contributed by atoms with Gasteiger partial charge >= 0.3 is 0 Å². The number of fused-ring (bicyclic) bond motifs is 1. The van der Waals surface area contributed by atoms with Gasteiger partial charge in [0.05, 0.1) is 11.2 Å². The average Bonchev–Trinajstić information content (AvgIpc) is 2.61. The third kappa shape index (κ3) is 4.18. The number of rotatable bonds is 4. The van der Waals surface area contributed by atoms with E-state index in [4.69, 9.17) is 4.98 Å². The zero-order chi connectivity index (χ0) is 17.1. The highest BCUT2D eigenvalue weighted by Gasteiger charge is 2.17. The van der Waals surface area contributed by atoms with Gasteiger partial charge in [-0.2, -0.15) is 0 Å². The summed E-state index contributed by atoms with van der Waals surface area (Å²) in [6, 6.07) is 20.4. The highest BCUT2D eigenvalue weighted by atomic mass is 35.5. The molecule has 130 valence electrons. The summed E-state index contributed by atoms with van der Waals surface area (Å²) in [6.45, 7) is 1.99. The van der Waals surface area contributed by atoms with Crippen molar-refractivity contribution in [2.75, 3.05) is 14.1 Å². The molecular weight excluding hydrogens is 332 g/mol. The molecule has 1 unspecified atom stereocenters. The van der Waals surface area contributed by atoms with Gasteiger partial charge in [-0.05, 0) is 24.1 Å². The van der Waals surface area contributed by atoms with Gasteiger partial charge < -0.3 is 4.90 Å². The van der Waals surface area contributed by atoms with Gasteiger partial charge in [0.15, 0.2) is 0 Å². The van der Waals surface area contributed by atoms with Crippen molar-refractivity contribution in [3.8, 4) is 11.3 Å². The topological polar surface area (TPSA) is 33.2 Å². The van der Waals surface area contributed by atoms with Crippen LogP contribution in [0.2, 0.25) is 0 Å². The fraction of sp³-hybridized carbons (Fsp3) is 0.238. The molecule has 3 aromatic rings. The van der Waals surface area contributed by atoms with Crippen molar-refractivity contribution < 1.29 is 4.79 Å². The van der Waals surface area contributed by atoms with E-state index in [-0.39, 0.29) is 24.2 Å². The summed E-state index contributed by atoms with van der Waals surface area (Å²) < 4.78 is 0. The van der Waals surface area contributed by atoms with E-state index in [1.165, 1.54) is 5.56 Å². The van der Waals surface area contributed by atoms with Gasteiger partial charge in [-0.15, -0.1) is 12.4 Å². The van der Waals surface area contributed by atoms with Crippen LogP contribution in [0.4, 0.5) is 0 Å². The molecule has 1 amide bonds. The number of carbonyl (C=O) groups is 1. The second-order valence-corrected chi connectivity index (χ2v) is 6.39. The number of pyridine rings is 1. The molecule has 0 saturated heterocycles. The first-order chi connectivity index (χ1) is 11.6. The molecule has 3 rings (SSSR count). The molecule has 1 aromatic heterocycles. The largest absolute Gasteiger partial charge is 0.349 e. The second-order valence-electron chi connectivity index (χ2n) is 6.39. The average molecular weight is 355 g/mol. The van der Waals surface area contributed by atoms with Crippen molar-refractivity contribution >= 4 is 29.2 Å². The molecule has 0 spiro atoms. The molecule has 1 atom stereocenters. The molecule has 2 aromatic carbocycles. The van der Waals surface area contributed by atoms with E-state index in [0.29, 0.717) is 6.42 Å². The molecule has 0 aliphatic rings. The quantitative estimate of drug-likeness (QED) is 0.686. The van der Waals surface area contributed by atoms with Crippen LogP contribution in [0.15, 0.2) is 60.7 Å². The summed E-state index contributed by atoms with van der Waals surface area (Å²) in [5.41, 5.74) is 4.19. The van der Waals surface area contributed by atoms with E-state index >= 15 is 0 Å². The van der Waals surface area contributed by atoms with Crippen LogP contribution in [-0.4, -0.2) is 29.9 Å². The third-order valence-electron chi connectivity index (χ3n) is 4.26. The highest BCUT2D eigenvalue weighted by molar-refractivity contribution is 5.86. The van der Waals surface area contributed by atoms with Gasteiger partial charge in [0.1, 0.15) is 0 Å². The lowest BCUT2D eigenvalue weighted by atomic mass is 9.95. The Labute approximate surface area is 155 Å². The van der Waals surface area contributed by atoms with Gasteiger partial charge in [0, 0.05) is 31.0 Å². The van der Waals surface area contributed by atoms with Crippen LogP contribution in [0.1, 0.15) is 12.5 Å². The molecule has 1 heterocycles. The van der Waals surface area contributed by atoms with Crippen molar-refractivity contribution in [1.29, 1.82) is 0 Å². The number of para-hydroxylation sites is 1. The van der Waals surface area contributed by atoms with E-state index in [2.05, 4.69) is 24.3 Å². The predicted molar refractivity (Wildman–Crippen MR) is 106 cm³/mol. The number of amides is 1. The summed E-state index contributed by atoms with van der Waals surface area (Å²) >= 11 is 0. The van der Waals surface area contributed by atoms with E-state index in [1.54, 1.807) is 19.0 Å². The second kappa shape index (κ2) is 8.13. The molecule has 0 N–H and O–H groups in total. The van der Waals surface area contributed by atoms with E-state index in [0.717, 1.165) is 22.2 Å². The maximum absolute atomic E-state index is 12.2. The normalized spacial score (nSPS) is 11.6. The molecule has 0 bridgehead atoms. The van der Waals surface area contributed by atoms with Crippen molar-refractivity contribution in [1.82, 2.24) is 9.88 Å². The fourth-order valence-electron chi connectivity index (χ4n) is 3.03. The maximum atomic E-state index is 12.2. The van der Waals surface area contributed by atoms with Crippen LogP contribution in [0.3, 0.4) is 0 Å². The summed E-state index contributed by atoms with van der Waals surface area (Å²) in [6.07, 6.45) is 0.708. The lowest BCUT2D eigenvalue weighted by Crippen LogP contribution is -2.29. The number of halogens is 1. The number of hydrogen-bond acceptors (Lipinski definition) is 2. The Kier molecular flexibility index (Phi) is 6.16. The Morgan fingerprint density at radius 2 is 1.68 bits per heavy atom. The first-order valence-corrected chi connectivity index (χ1v) is 8.21. The Morgan fingerprint density at radius 3 is 2.36 bits per heavy atom. The van der Waals surface area contributed by atoms with Crippen LogP contribution in [0.25, 0.3) is 22.2 Å². The van der Waals surface area contributed by atoms with Crippen LogP contribution in [0.5, 0.6) is 0 Å². The molecule has 0 saturated carbocycles. The number of aromatic nitrogens is 1. The molecule has 0 aliphatic heterocycles. The van der Waals surface area contributed by atoms with E-state index in [1.807, 2.05) is 43.3 Å². The first kappa shape index (κ1) is 18.9. The van der Waals surface area contributed by atoms with Gasteiger partial charge in [-0.1, -0.05) is 55.5 Å². The van der Waals surface area contributed by atoms with Gasteiger partial charge in [-0.3, -0.25) is 4.79 Å². The molecular formula is C21H23ClN2O. The monoisotopic (exact) mass is 354 g/mol. The van der Waals surface area contributed by atoms with Gasteiger partial charge in [0.25, 0.3) is 0 Å². The standard InChI is InChI=1S/C21H22N2O.ClH/c1-15(21(24)23(2)3)13-17-14-20(16-9-5-4-6-10-16)22-19-12-8-7-11-18(17)19;/h4-12,14-15H,13H2,1-3H3;1H. The minimum Gasteiger partial charge on any atom is -0.349 e. The third-order valence-corrected chi connectivity index (χ3v) is 4.26. The summed E-state index contributed by atoms with van der Waals surface area (Å²) in [4.78, 5) is 18.7. The molecule has 0 radical (unpaired) electrons. The Balaban J connectivity index is 0.00000225. The van der Waals surface area contributed by atoms with Crippen molar-refractivity contribution in [3.63, 3.8) is 0 Å². The summed E-state index contributed by atoms with van der Waals surface area (Å²) in [7, 11) is 3.61. The van der Waals surface area contributed by atoms with Crippen molar-refractivity contribution in [3.05, 3.63) is 66.2 Å². The fourth-order valence-corrected chi connectivity index (χ4v) is 3.03. The Bertz CT molecular complexity index is 862. The van der Waals surface area contributed by atoms with Crippen LogP contribution >= 0.6 is 12.4 Å². The molecule has 0 fully saturated rings. The SMILES string of the molecule is CC(Cc1cc(-c2ccccc2)nc2ccccc12)C(=O)N(C)C.Cl. The van der Waals surface area contributed by atoms with Crippen LogP contribution in [-0.2, 0) is 11.2 Å². The molecule has 25 heavy (non-hydrogen) atoms. The zero-order valence-corrected chi connectivity index (χ0v) is 15.6. The molecule has 3 nitrogen and oxygen atoms in total. The minimum atomic E-state index is -0.0607. The number of nitrogens with zero attached hydrogens (tertiary/aromatic N) is 2. The highest BCUT2D eigenvalue weighted by Crippen LogP contribution is 2.26. The summed E-state index contributed by atoms with van der Waals surface area (Å²) in [5, 5.41) is 1.12. The number of carbonyl (C=O) groups excluding carboxylic acids is 1.